The molecule has 1 N–H and O–H groups in total. The van der Waals surface area contributed by atoms with Gasteiger partial charge < -0.3 is 9.42 Å². The Morgan fingerprint density at radius 1 is 0.708 bits per heavy atom. The van der Waals surface area contributed by atoms with Crippen molar-refractivity contribution in [2.24, 2.45) is 0 Å². The molecular weight excluding hydrogens is 319 g/mol. The molecule has 0 amide bonds. The molecule has 4 heteroatoms. The van der Waals surface area contributed by atoms with Gasteiger partial charge in [0.25, 0.3) is 0 Å². The fourth-order valence-corrected chi connectivity index (χ4v) is 4.82. The molecule has 1 atom stereocenters. The number of fused-ring (bicyclic) bond motifs is 7. The van der Waals surface area contributed by atoms with Crippen molar-refractivity contribution in [3.8, 4) is 16.9 Å². The Morgan fingerprint density at radius 2 is 1.29 bits per heavy atom. The van der Waals surface area contributed by atoms with Crippen LogP contribution in [-0.2, 0) is 4.57 Å². The van der Waals surface area contributed by atoms with Crippen molar-refractivity contribution in [2.45, 2.75) is 0 Å². The van der Waals surface area contributed by atoms with Crippen LogP contribution in [0.5, 0.6) is 5.75 Å². The summed E-state index contributed by atoms with van der Waals surface area (Å²) in [5.41, 5.74) is 1.69. The van der Waals surface area contributed by atoms with E-state index in [1.807, 2.05) is 60.7 Å². The minimum Gasteiger partial charge on any atom is -0.421 e. The van der Waals surface area contributed by atoms with E-state index in [9.17, 15) is 9.46 Å². The molecule has 116 valence electrons. The van der Waals surface area contributed by atoms with Crippen LogP contribution in [-0.4, -0.2) is 4.89 Å². The fraction of sp³-hybridized carbons (Fsp3) is 0. The average molecular weight is 332 g/mol. The third-order valence-electron chi connectivity index (χ3n) is 4.57. The molecule has 4 aromatic rings. The monoisotopic (exact) mass is 332 g/mol. The number of hydrogen-bond donors (Lipinski definition) is 1. The molecule has 0 aromatic heterocycles. The van der Waals surface area contributed by atoms with Crippen LogP contribution in [0.1, 0.15) is 0 Å². The first-order chi connectivity index (χ1) is 11.6. The van der Waals surface area contributed by atoms with Crippen LogP contribution in [0.2, 0.25) is 0 Å². The Balaban J connectivity index is 2.05. The molecule has 4 aromatic carbocycles. The largest absolute Gasteiger partial charge is 0.421 e. The Morgan fingerprint density at radius 3 is 2.00 bits per heavy atom. The molecule has 0 saturated heterocycles. The molecule has 1 unspecified atom stereocenters. The van der Waals surface area contributed by atoms with E-state index in [0.29, 0.717) is 11.1 Å². The van der Waals surface area contributed by atoms with Crippen LogP contribution in [0.3, 0.4) is 0 Å². The van der Waals surface area contributed by atoms with Crippen molar-refractivity contribution in [1.82, 2.24) is 0 Å². The third kappa shape index (κ3) is 1.80. The highest BCUT2D eigenvalue weighted by Gasteiger charge is 2.36. The van der Waals surface area contributed by atoms with Crippen LogP contribution >= 0.6 is 7.60 Å². The van der Waals surface area contributed by atoms with E-state index in [1.54, 1.807) is 12.1 Å². The van der Waals surface area contributed by atoms with Crippen LogP contribution in [0.25, 0.3) is 32.7 Å². The van der Waals surface area contributed by atoms with Gasteiger partial charge in [-0.1, -0.05) is 60.7 Å². The van der Waals surface area contributed by atoms with Crippen molar-refractivity contribution >= 4 is 34.4 Å². The molecule has 1 heterocycles. The molecule has 0 aliphatic carbocycles. The second-order valence-electron chi connectivity index (χ2n) is 5.95. The Kier molecular flexibility index (Phi) is 2.70. The summed E-state index contributed by atoms with van der Waals surface area (Å²) in [6, 6.07) is 23.2. The first-order valence-electron chi connectivity index (χ1n) is 7.72. The van der Waals surface area contributed by atoms with Gasteiger partial charge in [0.05, 0.1) is 5.30 Å². The van der Waals surface area contributed by atoms with E-state index in [2.05, 4.69) is 0 Å². The lowest BCUT2D eigenvalue weighted by Gasteiger charge is -2.27. The van der Waals surface area contributed by atoms with Crippen LogP contribution in [0.15, 0.2) is 72.8 Å². The van der Waals surface area contributed by atoms with Crippen molar-refractivity contribution in [3.05, 3.63) is 72.8 Å². The highest BCUT2D eigenvalue weighted by atomic mass is 31.2. The Labute approximate surface area is 138 Å². The zero-order valence-corrected chi connectivity index (χ0v) is 13.5. The van der Waals surface area contributed by atoms with Crippen LogP contribution < -0.4 is 9.83 Å². The molecule has 0 radical (unpaired) electrons. The summed E-state index contributed by atoms with van der Waals surface area (Å²) in [6.07, 6.45) is 0. The summed E-state index contributed by atoms with van der Waals surface area (Å²) in [5, 5.41) is 4.47. The first-order valence-corrected chi connectivity index (χ1v) is 9.30. The van der Waals surface area contributed by atoms with E-state index in [1.165, 1.54) is 0 Å². The van der Waals surface area contributed by atoms with Crippen molar-refractivity contribution in [2.75, 3.05) is 0 Å². The van der Waals surface area contributed by atoms with Crippen molar-refractivity contribution in [3.63, 3.8) is 0 Å². The second kappa shape index (κ2) is 4.70. The molecule has 0 saturated carbocycles. The summed E-state index contributed by atoms with van der Waals surface area (Å²) in [4.78, 5) is 10.4. The zero-order valence-electron chi connectivity index (χ0n) is 12.6. The van der Waals surface area contributed by atoms with Gasteiger partial charge in [0.2, 0.25) is 0 Å². The summed E-state index contributed by atoms with van der Waals surface area (Å²) in [7, 11) is -3.89. The van der Waals surface area contributed by atoms with Crippen molar-refractivity contribution < 1.29 is 14.0 Å². The van der Waals surface area contributed by atoms with Gasteiger partial charge in [-0.15, -0.1) is 0 Å². The van der Waals surface area contributed by atoms with E-state index in [4.69, 9.17) is 4.52 Å². The van der Waals surface area contributed by atoms with E-state index < -0.39 is 7.60 Å². The lowest BCUT2D eigenvalue weighted by Crippen LogP contribution is -2.17. The predicted octanol–water partition coefficient (Wildman–Crippen LogP) is 4.86. The van der Waals surface area contributed by atoms with Gasteiger partial charge >= 0.3 is 7.60 Å². The SMILES string of the molecule is O=P1(O)Oc2ccc3ccccc3c2-c2c1ccc1ccccc21. The molecule has 0 spiro atoms. The molecule has 0 fully saturated rings. The van der Waals surface area contributed by atoms with Gasteiger partial charge in [-0.25, -0.2) is 4.57 Å². The smallest absolute Gasteiger partial charge is 0.408 e. The highest BCUT2D eigenvalue weighted by molar-refractivity contribution is 7.62. The molecule has 1 aliphatic rings. The number of benzene rings is 4. The number of hydrogen-bond acceptors (Lipinski definition) is 2. The average Bonchev–Trinajstić information content (AvgIpc) is 2.60. The first kappa shape index (κ1) is 13.8. The normalized spacial score (nSPS) is 18.9. The molecule has 24 heavy (non-hydrogen) atoms. The minimum atomic E-state index is -3.89. The van der Waals surface area contributed by atoms with Gasteiger partial charge in [0.15, 0.2) is 0 Å². The topological polar surface area (TPSA) is 46.5 Å². The van der Waals surface area contributed by atoms with Gasteiger partial charge in [0, 0.05) is 11.1 Å². The quantitative estimate of drug-likeness (QED) is 0.468. The zero-order chi connectivity index (χ0) is 16.3. The highest BCUT2D eigenvalue weighted by Crippen LogP contribution is 2.55. The fourth-order valence-electron chi connectivity index (χ4n) is 3.53. The summed E-state index contributed by atoms with van der Waals surface area (Å²) in [6.45, 7) is 0. The van der Waals surface area contributed by atoms with Gasteiger partial charge in [-0.2, -0.15) is 0 Å². The minimum absolute atomic E-state index is 0.366. The molecular formula is C20H13O3P. The second-order valence-corrected chi connectivity index (χ2v) is 7.66. The summed E-state index contributed by atoms with van der Waals surface area (Å²) in [5.74, 6) is 0.461. The van der Waals surface area contributed by atoms with Gasteiger partial charge in [0.1, 0.15) is 5.75 Å². The maximum atomic E-state index is 12.7. The maximum absolute atomic E-state index is 12.7. The molecule has 3 nitrogen and oxygen atoms in total. The van der Waals surface area contributed by atoms with Gasteiger partial charge in [-0.3, -0.25) is 0 Å². The van der Waals surface area contributed by atoms with E-state index in [0.717, 1.165) is 32.7 Å². The lowest BCUT2D eigenvalue weighted by molar-refractivity contribution is 0.392. The predicted molar refractivity (Wildman–Crippen MR) is 97.0 cm³/mol. The Hall–Kier alpha value is -2.61. The van der Waals surface area contributed by atoms with Crippen LogP contribution in [0, 0.1) is 0 Å². The van der Waals surface area contributed by atoms with E-state index >= 15 is 0 Å². The summed E-state index contributed by atoms with van der Waals surface area (Å²) >= 11 is 0. The van der Waals surface area contributed by atoms with Gasteiger partial charge in [-0.05, 0) is 33.7 Å². The Bertz CT molecular complexity index is 1180. The third-order valence-corrected chi connectivity index (χ3v) is 6.00. The standard InChI is InChI=1S/C20H13O3P/c21-24(22)18-12-10-14-6-2-4-8-16(14)20(18)19-15-7-3-1-5-13(15)9-11-17(19)23-24/h1-12H,(H,21,22). The van der Waals surface area contributed by atoms with E-state index in [-0.39, 0.29) is 0 Å². The molecule has 0 bridgehead atoms. The maximum Gasteiger partial charge on any atom is 0.408 e. The lowest BCUT2D eigenvalue weighted by atomic mass is 9.93. The van der Waals surface area contributed by atoms with Crippen molar-refractivity contribution in [1.29, 1.82) is 0 Å². The molecule has 5 rings (SSSR count). The number of rotatable bonds is 0. The van der Waals surface area contributed by atoms with Crippen LogP contribution in [0.4, 0.5) is 0 Å². The molecule has 1 aliphatic heterocycles. The summed E-state index contributed by atoms with van der Waals surface area (Å²) < 4.78 is 18.2.